The van der Waals surface area contributed by atoms with E-state index in [9.17, 15) is 0 Å². The van der Waals surface area contributed by atoms with Gasteiger partial charge in [0.1, 0.15) is 0 Å². The van der Waals surface area contributed by atoms with Gasteiger partial charge in [0.2, 0.25) is 5.96 Å². The average molecular weight is 202 g/mol. The molecule has 0 saturated carbocycles. The highest BCUT2D eigenvalue weighted by molar-refractivity contribution is 5.79. The largest absolute Gasteiger partial charge is 0.374 e. The topological polar surface area (TPSA) is 71.7 Å². The lowest BCUT2D eigenvalue weighted by molar-refractivity contribution is -0.00218. The van der Waals surface area contributed by atoms with Crippen LogP contribution < -0.4 is 16.6 Å². The highest BCUT2D eigenvalue weighted by Crippen LogP contribution is 2.08. The van der Waals surface area contributed by atoms with Gasteiger partial charge in [-0.05, 0) is 27.7 Å². The van der Waals surface area contributed by atoms with E-state index < -0.39 is 0 Å². The van der Waals surface area contributed by atoms with E-state index in [1.165, 1.54) is 0 Å². The summed E-state index contributed by atoms with van der Waals surface area (Å²) in [6.07, 6.45) is 0. The van der Waals surface area contributed by atoms with E-state index in [1.807, 2.05) is 27.7 Å². The van der Waals surface area contributed by atoms with E-state index >= 15 is 0 Å². The van der Waals surface area contributed by atoms with Gasteiger partial charge < -0.3 is 10.1 Å². The number of hydrazine groups is 1. The predicted octanol–water partition coefficient (Wildman–Crippen LogP) is 0.230. The van der Waals surface area contributed by atoms with E-state index in [2.05, 4.69) is 15.7 Å². The molecule has 0 aliphatic heterocycles. The van der Waals surface area contributed by atoms with Crippen LogP contribution in [0.25, 0.3) is 0 Å². The number of ether oxygens (including phenoxy) is 1. The minimum Gasteiger partial charge on any atom is -0.374 e. The fourth-order valence-electron chi connectivity index (χ4n) is 1.03. The van der Waals surface area contributed by atoms with Crippen molar-refractivity contribution in [1.82, 2.24) is 10.7 Å². The number of nitrogens with two attached hydrogens (primary N) is 1. The van der Waals surface area contributed by atoms with Crippen LogP contribution in [0.1, 0.15) is 27.7 Å². The summed E-state index contributed by atoms with van der Waals surface area (Å²) < 4.78 is 5.50. The van der Waals surface area contributed by atoms with Crippen molar-refractivity contribution in [1.29, 1.82) is 0 Å². The lowest BCUT2D eigenvalue weighted by Gasteiger charge is -2.22. The molecule has 14 heavy (non-hydrogen) atoms. The monoisotopic (exact) mass is 202 g/mol. The molecule has 0 radical (unpaired) electrons. The quantitative estimate of drug-likeness (QED) is 0.258. The van der Waals surface area contributed by atoms with Crippen LogP contribution in [0, 0.1) is 0 Å². The van der Waals surface area contributed by atoms with Crippen molar-refractivity contribution in [2.75, 3.05) is 19.7 Å². The first-order chi connectivity index (χ1) is 6.55. The molecule has 0 rings (SSSR count). The lowest BCUT2D eigenvalue weighted by atomic mass is 10.1. The minimum atomic E-state index is -0.244. The third-order valence-corrected chi connectivity index (χ3v) is 1.63. The van der Waals surface area contributed by atoms with Crippen molar-refractivity contribution in [3.05, 3.63) is 0 Å². The first-order valence-corrected chi connectivity index (χ1v) is 4.94. The van der Waals surface area contributed by atoms with Crippen molar-refractivity contribution in [3.63, 3.8) is 0 Å². The van der Waals surface area contributed by atoms with Crippen LogP contribution in [0.15, 0.2) is 4.99 Å². The Balaban J connectivity index is 4.08. The molecule has 0 bridgehead atoms. The zero-order valence-corrected chi connectivity index (χ0v) is 9.55. The summed E-state index contributed by atoms with van der Waals surface area (Å²) in [6.45, 7) is 10.0. The molecule has 0 spiro atoms. The Morgan fingerprint density at radius 2 is 2.07 bits per heavy atom. The fourth-order valence-corrected chi connectivity index (χ4v) is 1.03. The Hall–Kier alpha value is -0.810. The number of hydrogen-bond acceptors (Lipinski definition) is 3. The molecule has 0 aliphatic carbocycles. The molecule has 5 heteroatoms. The number of nitrogens with zero attached hydrogens (tertiary/aromatic N) is 1. The molecule has 0 amide bonds. The third-order valence-electron chi connectivity index (χ3n) is 1.63. The highest BCUT2D eigenvalue weighted by atomic mass is 16.5. The maximum Gasteiger partial charge on any atom is 0.205 e. The molecular weight excluding hydrogens is 180 g/mol. The maximum absolute atomic E-state index is 5.50. The Bertz CT molecular complexity index is 180. The van der Waals surface area contributed by atoms with E-state index in [4.69, 9.17) is 10.6 Å². The van der Waals surface area contributed by atoms with Crippen LogP contribution in [0.3, 0.4) is 0 Å². The molecule has 0 heterocycles. The summed E-state index contributed by atoms with van der Waals surface area (Å²) in [7, 11) is 0. The van der Waals surface area contributed by atoms with E-state index in [0.29, 0.717) is 19.1 Å². The molecule has 0 fully saturated rings. The summed E-state index contributed by atoms with van der Waals surface area (Å²) in [5.74, 6) is 5.88. The first-order valence-electron chi connectivity index (χ1n) is 4.94. The summed E-state index contributed by atoms with van der Waals surface area (Å²) >= 11 is 0. The van der Waals surface area contributed by atoms with Gasteiger partial charge in [0, 0.05) is 13.2 Å². The molecule has 5 nitrogen and oxygen atoms in total. The standard InChI is InChI=1S/C9H22N4O/c1-5-11-8(13-10)12-7-9(3,4)14-6-2/h5-7,10H2,1-4H3,(H2,11,12,13). The zero-order valence-electron chi connectivity index (χ0n) is 9.55. The second kappa shape index (κ2) is 6.62. The van der Waals surface area contributed by atoms with Gasteiger partial charge in [-0.15, -0.1) is 0 Å². The van der Waals surface area contributed by atoms with Gasteiger partial charge in [-0.1, -0.05) is 0 Å². The van der Waals surface area contributed by atoms with Gasteiger partial charge in [-0.3, -0.25) is 5.43 Å². The van der Waals surface area contributed by atoms with Crippen LogP contribution in [0.5, 0.6) is 0 Å². The van der Waals surface area contributed by atoms with E-state index in [0.717, 1.165) is 6.54 Å². The van der Waals surface area contributed by atoms with Crippen LogP contribution >= 0.6 is 0 Å². The van der Waals surface area contributed by atoms with E-state index in [-0.39, 0.29) is 5.60 Å². The predicted molar refractivity (Wildman–Crippen MR) is 59.0 cm³/mol. The van der Waals surface area contributed by atoms with Gasteiger partial charge in [-0.2, -0.15) is 0 Å². The number of rotatable bonds is 5. The molecular formula is C9H22N4O. The summed E-state index contributed by atoms with van der Waals surface area (Å²) in [5, 5.41) is 3.01. The Labute approximate surface area is 86.1 Å². The number of aliphatic imine (C=N–C) groups is 1. The number of nitrogens with one attached hydrogen (secondary N) is 2. The summed E-state index contributed by atoms with van der Waals surface area (Å²) in [6, 6.07) is 0. The van der Waals surface area contributed by atoms with Crippen LogP contribution in [-0.2, 0) is 4.74 Å². The molecule has 0 aromatic rings. The third kappa shape index (κ3) is 5.77. The van der Waals surface area contributed by atoms with Crippen molar-refractivity contribution < 1.29 is 4.74 Å². The molecule has 0 aliphatic rings. The van der Waals surface area contributed by atoms with Crippen molar-refractivity contribution in [2.24, 2.45) is 10.8 Å². The number of guanidine groups is 1. The second-order valence-electron chi connectivity index (χ2n) is 3.53. The molecule has 84 valence electrons. The molecule has 0 saturated heterocycles. The smallest absolute Gasteiger partial charge is 0.205 e. The van der Waals surface area contributed by atoms with Crippen LogP contribution in [-0.4, -0.2) is 31.3 Å². The van der Waals surface area contributed by atoms with Crippen molar-refractivity contribution >= 4 is 5.96 Å². The van der Waals surface area contributed by atoms with E-state index in [1.54, 1.807) is 0 Å². The number of hydrogen-bond donors (Lipinski definition) is 3. The first kappa shape index (κ1) is 13.2. The lowest BCUT2D eigenvalue weighted by Crippen LogP contribution is -2.42. The molecule has 4 N–H and O–H groups in total. The fraction of sp³-hybridized carbons (Fsp3) is 0.889. The van der Waals surface area contributed by atoms with Crippen LogP contribution in [0.2, 0.25) is 0 Å². The zero-order chi connectivity index (χ0) is 11.0. The summed E-state index contributed by atoms with van der Waals surface area (Å²) in [5.41, 5.74) is 2.26. The minimum absolute atomic E-state index is 0.244. The molecule has 0 aromatic heterocycles. The summed E-state index contributed by atoms with van der Waals surface area (Å²) in [4.78, 5) is 4.27. The maximum atomic E-state index is 5.50. The van der Waals surface area contributed by atoms with Gasteiger partial charge in [0.15, 0.2) is 0 Å². The van der Waals surface area contributed by atoms with Crippen LogP contribution in [0.4, 0.5) is 0 Å². The Morgan fingerprint density at radius 1 is 1.43 bits per heavy atom. The molecule has 0 atom stereocenters. The highest BCUT2D eigenvalue weighted by Gasteiger charge is 2.16. The van der Waals surface area contributed by atoms with Gasteiger partial charge in [0.25, 0.3) is 0 Å². The van der Waals surface area contributed by atoms with Gasteiger partial charge in [-0.25, -0.2) is 10.8 Å². The van der Waals surface area contributed by atoms with Gasteiger partial charge >= 0.3 is 0 Å². The Morgan fingerprint density at radius 3 is 2.50 bits per heavy atom. The van der Waals surface area contributed by atoms with Gasteiger partial charge in [0.05, 0.1) is 12.1 Å². The average Bonchev–Trinajstić information content (AvgIpc) is 2.12. The SMILES string of the molecule is CCNC(=NCC(C)(C)OCC)NN. The molecule has 0 unspecified atom stereocenters. The van der Waals surface area contributed by atoms with Crippen molar-refractivity contribution in [3.8, 4) is 0 Å². The Kier molecular flexibility index (Phi) is 6.23. The molecule has 0 aromatic carbocycles. The van der Waals surface area contributed by atoms with Crippen molar-refractivity contribution in [2.45, 2.75) is 33.3 Å². The second-order valence-corrected chi connectivity index (χ2v) is 3.53. The normalized spacial score (nSPS) is 12.8.